The molecule has 0 radical (unpaired) electrons. The van der Waals surface area contributed by atoms with Crippen LogP contribution in [0.5, 0.6) is 11.5 Å². The average molecular weight is 456 g/mol. The third kappa shape index (κ3) is 4.02. The maximum absolute atomic E-state index is 6.18. The summed E-state index contributed by atoms with van der Waals surface area (Å²) in [7, 11) is 0. The van der Waals surface area contributed by atoms with Crippen molar-refractivity contribution in [3.05, 3.63) is 58.6 Å². The molecule has 0 aliphatic carbocycles. The van der Waals surface area contributed by atoms with Gasteiger partial charge in [0.2, 0.25) is 5.79 Å². The highest BCUT2D eigenvalue weighted by atomic mass is 79.9. The average Bonchev–Trinajstić information content (AvgIpc) is 3.02. The zero-order valence-corrected chi connectivity index (χ0v) is 16.7. The summed E-state index contributed by atoms with van der Waals surface area (Å²) in [4.78, 5) is 0. The molecule has 0 saturated carbocycles. The molecule has 1 heterocycles. The van der Waals surface area contributed by atoms with Crippen LogP contribution in [0.4, 0.5) is 0 Å². The zero-order valence-electron chi connectivity index (χ0n) is 13.5. The van der Waals surface area contributed by atoms with E-state index in [0.717, 1.165) is 34.4 Å². The Bertz CT molecular complexity index is 657. The van der Waals surface area contributed by atoms with E-state index in [1.165, 1.54) is 0 Å². The molecule has 2 aromatic rings. The Kier molecular flexibility index (Phi) is 5.98. The van der Waals surface area contributed by atoms with Crippen LogP contribution in [0.1, 0.15) is 25.3 Å². The minimum Gasteiger partial charge on any atom is -0.457 e. The highest BCUT2D eigenvalue weighted by Crippen LogP contribution is 2.38. The van der Waals surface area contributed by atoms with Crippen molar-refractivity contribution in [3.63, 3.8) is 0 Å². The number of benzene rings is 2. The first kappa shape index (κ1) is 17.9. The van der Waals surface area contributed by atoms with Crippen molar-refractivity contribution in [2.75, 3.05) is 11.9 Å². The molecule has 1 fully saturated rings. The highest BCUT2D eigenvalue weighted by molar-refractivity contribution is 9.10. The minimum atomic E-state index is -0.698. The minimum absolute atomic E-state index is 0.159. The summed E-state index contributed by atoms with van der Waals surface area (Å²) in [6.45, 7) is 2.79. The molecular formula is C19H20Br2O3. The normalized spacial score (nSPS) is 23.4. The summed E-state index contributed by atoms with van der Waals surface area (Å²) < 4.78 is 19.1. The van der Waals surface area contributed by atoms with E-state index in [4.69, 9.17) is 14.2 Å². The summed E-state index contributed by atoms with van der Waals surface area (Å²) in [6, 6.07) is 15.7. The van der Waals surface area contributed by atoms with Gasteiger partial charge >= 0.3 is 0 Å². The van der Waals surface area contributed by atoms with E-state index < -0.39 is 5.79 Å². The summed E-state index contributed by atoms with van der Waals surface area (Å²) in [6.07, 6.45) is 2.26. The van der Waals surface area contributed by atoms with Crippen LogP contribution in [-0.2, 0) is 15.3 Å². The van der Waals surface area contributed by atoms with Gasteiger partial charge in [0.25, 0.3) is 0 Å². The second-order valence-corrected chi connectivity index (χ2v) is 7.28. The zero-order chi connectivity index (χ0) is 17.0. The van der Waals surface area contributed by atoms with E-state index in [1.807, 2.05) is 48.5 Å². The fourth-order valence-electron chi connectivity index (χ4n) is 2.74. The van der Waals surface area contributed by atoms with Gasteiger partial charge in [-0.25, -0.2) is 0 Å². The lowest BCUT2D eigenvalue weighted by Crippen LogP contribution is -2.30. The summed E-state index contributed by atoms with van der Waals surface area (Å²) in [5, 5.41) is 0.604. The molecule has 1 aliphatic heterocycles. The maximum atomic E-state index is 6.18. The fraction of sp³-hybridized carbons (Fsp3) is 0.368. The van der Waals surface area contributed by atoms with Gasteiger partial charge < -0.3 is 14.2 Å². The Morgan fingerprint density at radius 1 is 1.08 bits per heavy atom. The number of alkyl halides is 1. The second kappa shape index (κ2) is 8.00. The quantitative estimate of drug-likeness (QED) is 0.499. The van der Waals surface area contributed by atoms with Gasteiger partial charge in [0.05, 0.1) is 18.0 Å². The maximum Gasteiger partial charge on any atom is 0.205 e. The van der Waals surface area contributed by atoms with Crippen LogP contribution in [0.15, 0.2) is 53.0 Å². The third-order valence-electron chi connectivity index (χ3n) is 3.99. The first-order valence-corrected chi connectivity index (χ1v) is 9.98. The van der Waals surface area contributed by atoms with Gasteiger partial charge in [0, 0.05) is 10.0 Å². The van der Waals surface area contributed by atoms with Crippen LogP contribution in [0.2, 0.25) is 0 Å². The van der Waals surface area contributed by atoms with Gasteiger partial charge in [0.15, 0.2) is 0 Å². The molecule has 0 amide bonds. The number of ether oxygens (including phenoxy) is 3. The van der Waals surface area contributed by atoms with E-state index >= 15 is 0 Å². The number of hydrogen-bond acceptors (Lipinski definition) is 3. The van der Waals surface area contributed by atoms with Gasteiger partial charge in [-0.15, -0.1) is 0 Å². The van der Waals surface area contributed by atoms with Crippen molar-refractivity contribution < 1.29 is 14.2 Å². The summed E-state index contributed by atoms with van der Waals surface area (Å²) in [5.74, 6) is 0.891. The van der Waals surface area contributed by atoms with E-state index in [1.54, 1.807) is 0 Å². The molecule has 0 aromatic heterocycles. The predicted molar refractivity (Wildman–Crippen MR) is 102 cm³/mol. The SMILES string of the molecule is CCCC1COC(CBr)(c2ccc(Oc3ccc(Br)cc3)cc2)O1. The van der Waals surface area contributed by atoms with Crippen LogP contribution < -0.4 is 4.74 Å². The number of hydrogen-bond donors (Lipinski definition) is 0. The molecule has 1 saturated heterocycles. The van der Waals surface area contributed by atoms with Crippen LogP contribution in [0.3, 0.4) is 0 Å². The molecule has 5 heteroatoms. The lowest BCUT2D eigenvalue weighted by Gasteiger charge is -2.26. The standard InChI is InChI=1S/C19H20Br2O3/c1-2-3-18-12-22-19(13-20,24-18)14-4-8-16(9-5-14)23-17-10-6-15(21)7-11-17/h4-11,18H,2-3,12-13H2,1H3. The molecule has 1 aliphatic rings. The first-order chi connectivity index (χ1) is 11.6. The van der Waals surface area contributed by atoms with E-state index in [9.17, 15) is 0 Å². The third-order valence-corrected chi connectivity index (χ3v) is 5.26. The molecule has 0 N–H and O–H groups in total. The molecule has 3 rings (SSSR count). The van der Waals surface area contributed by atoms with Gasteiger partial charge in [-0.2, -0.15) is 0 Å². The van der Waals surface area contributed by atoms with Crippen LogP contribution in [-0.4, -0.2) is 18.0 Å². The fourth-order valence-corrected chi connectivity index (χ4v) is 3.63. The van der Waals surface area contributed by atoms with E-state index in [2.05, 4.69) is 38.8 Å². The molecule has 3 nitrogen and oxygen atoms in total. The Labute approximate surface area is 159 Å². The Morgan fingerprint density at radius 3 is 2.29 bits per heavy atom. The van der Waals surface area contributed by atoms with Crippen molar-refractivity contribution in [1.82, 2.24) is 0 Å². The van der Waals surface area contributed by atoms with Gasteiger partial charge in [-0.05, 0) is 55.0 Å². The molecular weight excluding hydrogens is 436 g/mol. The Hall–Kier alpha value is -0.880. The van der Waals surface area contributed by atoms with E-state index in [0.29, 0.717) is 11.9 Å². The first-order valence-electron chi connectivity index (χ1n) is 8.07. The van der Waals surface area contributed by atoms with Crippen molar-refractivity contribution in [3.8, 4) is 11.5 Å². The molecule has 0 bridgehead atoms. The lowest BCUT2D eigenvalue weighted by molar-refractivity contribution is -0.157. The molecule has 2 aromatic carbocycles. The largest absolute Gasteiger partial charge is 0.457 e. The smallest absolute Gasteiger partial charge is 0.205 e. The van der Waals surface area contributed by atoms with Gasteiger partial charge in [0.1, 0.15) is 11.5 Å². The lowest BCUT2D eigenvalue weighted by atomic mass is 10.1. The number of rotatable bonds is 6. The number of halogens is 2. The van der Waals surface area contributed by atoms with Crippen LogP contribution in [0, 0.1) is 0 Å². The molecule has 2 atom stereocenters. The molecule has 24 heavy (non-hydrogen) atoms. The predicted octanol–water partition coefficient (Wildman–Crippen LogP) is 6.00. The van der Waals surface area contributed by atoms with E-state index in [-0.39, 0.29) is 6.10 Å². The Morgan fingerprint density at radius 2 is 1.71 bits per heavy atom. The Balaban J connectivity index is 1.72. The second-order valence-electron chi connectivity index (χ2n) is 5.81. The topological polar surface area (TPSA) is 27.7 Å². The van der Waals surface area contributed by atoms with Gasteiger partial charge in [-0.3, -0.25) is 0 Å². The van der Waals surface area contributed by atoms with Gasteiger partial charge in [-0.1, -0.05) is 45.2 Å². The van der Waals surface area contributed by atoms with Crippen molar-refractivity contribution in [2.45, 2.75) is 31.7 Å². The van der Waals surface area contributed by atoms with Crippen LogP contribution >= 0.6 is 31.9 Å². The van der Waals surface area contributed by atoms with Crippen molar-refractivity contribution in [2.24, 2.45) is 0 Å². The monoisotopic (exact) mass is 454 g/mol. The summed E-state index contributed by atoms with van der Waals surface area (Å²) >= 11 is 6.96. The highest BCUT2D eigenvalue weighted by Gasteiger charge is 2.42. The molecule has 128 valence electrons. The molecule has 2 unspecified atom stereocenters. The van der Waals surface area contributed by atoms with Crippen molar-refractivity contribution in [1.29, 1.82) is 0 Å². The molecule has 0 spiro atoms. The summed E-state index contributed by atoms with van der Waals surface area (Å²) in [5.41, 5.74) is 1.00. The van der Waals surface area contributed by atoms with Crippen molar-refractivity contribution >= 4 is 31.9 Å². The van der Waals surface area contributed by atoms with Crippen LogP contribution in [0.25, 0.3) is 0 Å².